The van der Waals surface area contributed by atoms with Gasteiger partial charge in [-0.15, -0.1) is 0 Å². The van der Waals surface area contributed by atoms with Crippen LogP contribution in [0.15, 0.2) is 48.5 Å². The highest BCUT2D eigenvalue weighted by molar-refractivity contribution is 6.03. The zero-order valence-electron chi connectivity index (χ0n) is 22.1. The number of nitrogens with one attached hydrogen (secondary N) is 1. The predicted molar refractivity (Wildman–Crippen MR) is 137 cm³/mol. The van der Waals surface area contributed by atoms with Crippen LogP contribution in [0.4, 0.5) is 42.2 Å². The van der Waals surface area contributed by atoms with Crippen molar-refractivity contribution in [3.05, 3.63) is 82.6 Å². The van der Waals surface area contributed by atoms with Gasteiger partial charge in [0.15, 0.2) is 0 Å². The fourth-order valence-electron chi connectivity index (χ4n) is 5.70. The molecule has 218 valence electrons. The van der Waals surface area contributed by atoms with Gasteiger partial charge in [-0.05, 0) is 45.0 Å². The average molecular weight is 582 g/mol. The minimum Gasteiger partial charge on any atom is -0.363 e. The molecular weight excluding hydrogens is 555 g/mol. The van der Waals surface area contributed by atoms with Crippen molar-refractivity contribution in [1.82, 2.24) is 14.9 Å². The van der Waals surface area contributed by atoms with Gasteiger partial charge in [0.05, 0.1) is 30.4 Å². The number of para-hydroxylation sites is 1. The smallest absolute Gasteiger partial charge is 0.363 e. The van der Waals surface area contributed by atoms with E-state index in [1.165, 1.54) is 22.8 Å². The van der Waals surface area contributed by atoms with Crippen molar-refractivity contribution in [1.29, 1.82) is 0 Å². The number of halogens is 7. The number of anilines is 2. The first-order valence-corrected chi connectivity index (χ1v) is 12.9. The SMILES string of the molecule is Cc1nc(N[C@H](C)c2cccc(C(F)(F)F)c2F)c2c(n1)C1(CCN(CC(F)(F)F)C1)C(=O)N(c1ccccc1)C2. The Morgan fingerprint density at radius 3 is 2.39 bits per heavy atom. The van der Waals surface area contributed by atoms with Crippen LogP contribution >= 0.6 is 0 Å². The second-order valence-corrected chi connectivity index (χ2v) is 10.4. The van der Waals surface area contributed by atoms with Gasteiger partial charge in [0, 0.05) is 23.4 Å². The molecule has 1 saturated heterocycles. The fraction of sp³-hybridized carbons (Fsp3) is 0.393. The topological polar surface area (TPSA) is 61.4 Å². The largest absolute Gasteiger partial charge is 0.419 e. The van der Waals surface area contributed by atoms with Crippen molar-refractivity contribution in [3.8, 4) is 0 Å². The Morgan fingerprint density at radius 2 is 1.73 bits per heavy atom. The Labute approximate surface area is 231 Å². The van der Waals surface area contributed by atoms with Crippen LogP contribution in [0.5, 0.6) is 0 Å². The van der Waals surface area contributed by atoms with Crippen LogP contribution in [0.1, 0.15) is 47.6 Å². The van der Waals surface area contributed by atoms with E-state index in [4.69, 9.17) is 0 Å². The Morgan fingerprint density at radius 1 is 1.02 bits per heavy atom. The van der Waals surface area contributed by atoms with Crippen LogP contribution in [0.3, 0.4) is 0 Å². The van der Waals surface area contributed by atoms with Gasteiger partial charge in [-0.2, -0.15) is 26.3 Å². The molecule has 0 radical (unpaired) electrons. The molecule has 1 N–H and O–H groups in total. The van der Waals surface area contributed by atoms with Gasteiger partial charge in [-0.1, -0.05) is 30.3 Å². The maximum absolute atomic E-state index is 15.0. The maximum atomic E-state index is 15.0. The molecule has 0 aliphatic carbocycles. The third kappa shape index (κ3) is 5.46. The van der Waals surface area contributed by atoms with E-state index < -0.39 is 47.6 Å². The molecule has 6 nitrogen and oxygen atoms in total. The number of likely N-dealkylation sites (tertiary alicyclic amines) is 1. The number of amides is 1. The lowest BCUT2D eigenvalue weighted by Crippen LogP contribution is -2.54. The average Bonchev–Trinajstić information content (AvgIpc) is 3.29. The normalized spacial score (nSPS) is 20.4. The monoisotopic (exact) mass is 581 g/mol. The molecular formula is C28H26F7N5O. The molecule has 3 heterocycles. The van der Waals surface area contributed by atoms with E-state index in [2.05, 4.69) is 15.3 Å². The molecule has 2 aliphatic heterocycles. The summed E-state index contributed by atoms with van der Waals surface area (Å²) in [7, 11) is 0. The number of carbonyl (C=O) groups is 1. The number of aromatic nitrogens is 2. The summed E-state index contributed by atoms with van der Waals surface area (Å²) in [5.41, 5.74) is -1.87. The Bertz CT molecular complexity index is 1460. The first-order chi connectivity index (χ1) is 19.2. The Balaban J connectivity index is 1.60. The van der Waals surface area contributed by atoms with Gasteiger partial charge >= 0.3 is 12.4 Å². The van der Waals surface area contributed by atoms with E-state index in [1.807, 2.05) is 0 Å². The highest BCUT2D eigenvalue weighted by Crippen LogP contribution is 2.45. The van der Waals surface area contributed by atoms with E-state index in [1.54, 1.807) is 37.3 Å². The van der Waals surface area contributed by atoms with E-state index in [0.717, 1.165) is 6.07 Å². The van der Waals surface area contributed by atoms with Crippen LogP contribution < -0.4 is 10.2 Å². The van der Waals surface area contributed by atoms with Gasteiger partial charge in [-0.3, -0.25) is 9.69 Å². The van der Waals surface area contributed by atoms with E-state index in [0.29, 0.717) is 17.3 Å². The summed E-state index contributed by atoms with van der Waals surface area (Å²) >= 11 is 0. The molecule has 1 amide bonds. The number of nitrogens with zero attached hydrogens (tertiary/aromatic N) is 4. The molecule has 2 aliphatic rings. The second-order valence-electron chi connectivity index (χ2n) is 10.4. The summed E-state index contributed by atoms with van der Waals surface area (Å²) in [5, 5.41) is 3.00. The molecule has 1 spiro atoms. The van der Waals surface area contributed by atoms with Crippen molar-refractivity contribution >= 4 is 17.4 Å². The predicted octanol–water partition coefficient (Wildman–Crippen LogP) is 6.17. The van der Waals surface area contributed by atoms with Gasteiger partial charge < -0.3 is 10.2 Å². The standard InChI is InChI=1S/C28H26F7N5O/c1-16(19-9-6-10-21(22(19)29)28(33,34)35)36-24-20-13-40(18-7-4-3-5-8-18)25(41)26(23(20)37-17(2)38-24)11-12-39(14-26)15-27(30,31)32/h3-10,16H,11-15H2,1-2H3,(H,36,37,38)/t16-,26?/m1/s1. The van der Waals surface area contributed by atoms with E-state index in [9.17, 15) is 35.5 Å². The minimum atomic E-state index is -4.89. The summed E-state index contributed by atoms with van der Waals surface area (Å²) < 4.78 is 94.9. The third-order valence-electron chi connectivity index (χ3n) is 7.52. The third-order valence-corrected chi connectivity index (χ3v) is 7.52. The molecule has 5 rings (SSSR count). The number of hydrogen-bond donors (Lipinski definition) is 1. The zero-order valence-corrected chi connectivity index (χ0v) is 22.1. The summed E-state index contributed by atoms with van der Waals surface area (Å²) in [6.07, 6.45) is -9.28. The first kappa shape index (κ1) is 28.8. The summed E-state index contributed by atoms with van der Waals surface area (Å²) in [5.74, 6) is -1.45. The molecule has 2 aromatic carbocycles. The minimum absolute atomic E-state index is 0.00494. The molecule has 1 aromatic heterocycles. The molecule has 0 bridgehead atoms. The Kier molecular flexibility index (Phi) is 7.21. The molecule has 1 fully saturated rings. The van der Waals surface area contributed by atoms with Crippen molar-refractivity contribution < 1.29 is 35.5 Å². The van der Waals surface area contributed by atoms with Crippen molar-refractivity contribution in [3.63, 3.8) is 0 Å². The van der Waals surface area contributed by atoms with Crippen molar-refractivity contribution in [2.45, 2.75) is 50.6 Å². The van der Waals surface area contributed by atoms with Gasteiger partial charge in [-0.25, -0.2) is 14.4 Å². The summed E-state index contributed by atoms with van der Waals surface area (Å²) in [6.45, 7) is 1.57. The summed E-state index contributed by atoms with van der Waals surface area (Å²) in [4.78, 5) is 25.6. The number of rotatable bonds is 5. The van der Waals surface area contributed by atoms with Crippen molar-refractivity contribution in [2.75, 3.05) is 29.9 Å². The molecule has 0 saturated carbocycles. The lowest BCUT2D eigenvalue weighted by atomic mass is 9.76. The van der Waals surface area contributed by atoms with E-state index in [-0.39, 0.29) is 49.0 Å². The number of benzene rings is 2. The first-order valence-electron chi connectivity index (χ1n) is 12.9. The zero-order chi connectivity index (χ0) is 29.7. The maximum Gasteiger partial charge on any atom is 0.419 e. The molecule has 1 unspecified atom stereocenters. The van der Waals surface area contributed by atoms with Crippen LogP contribution in [-0.4, -0.2) is 46.6 Å². The van der Waals surface area contributed by atoms with E-state index >= 15 is 0 Å². The van der Waals surface area contributed by atoms with Crippen LogP contribution in [-0.2, 0) is 22.9 Å². The highest BCUT2D eigenvalue weighted by Gasteiger charge is 2.55. The molecule has 3 aromatic rings. The number of fused-ring (bicyclic) bond motifs is 2. The van der Waals surface area contributed by atoms with Gasteiger partial charge in [0.2, 0.25) is 5.91 Å². The number of alkyl halides is 6. The fourth-order valence-corrected chi connectivity index (χ4v) is 5.70. The number of carbonyl (C=O) groups excluding carboxylic acids is 1. The number of aryl methyl sites for hydroxylation is 1. The molecule has 2 atom stereocenters. The highest BCUT2D eigenvalue weighted by atomic mass is 19.4. The molecule has 41 heavy (non-hydrogen) atoms. The van der Waals surface area contributed by atoms with Gasteiger partial charge in [0.25, 0.3) is 0 Å². The Hall–Kier alpha value is -3.74. The van der Waals surface area contributed by atoms with Gasteiger partial charge in [0.1, 0.15) is 22.9 Å². The van der Waals surface area contributed by atoms with Crippen LogP contribution in [0, 0.1) is 12.7 Å². The van der Waals surface area contributed by atoms with Crippen LogP contribution in [0.2, 0.25) is 0 Å². The van der Waals surface area contributed by atoms with Crippen LogP contribution in [0.25, 0.3) is 0 Å². The number of hydrogen-bond acceptors (Lipinski definition) is 5. The lowest BCUT2D eigenvalue weighted by Gasteiger charge is -2.41. The lowest BCUT2D eigenvalue weighted by molar-refractivity contribution is -0.145. The molecule has 13 heteroatoms. The summed E-state index contributed by atoms with van der Waals surface area (Å²) in [6, 6.07) is 10.6. The quantitative estimate of drug-likeness (QED) is 0.366. The van der Waals surface area contributed by atoms with Crippen molar-refractivity contribution in [2.24, 2.45) is 0 Å². The second kappa shape index (κ2) is 10.3.